The zero-order chi connectivity index (χ0) is 14.0. The Morgan fingerprint density at radius 2 is 2.26 bits per heavy atom. The van der Waals surface area contributed by atoms with Gasteiger partial charge in [0.25, 0.3) is 0 Å². The van der Waals surface area contributed by atoms with E-state index in [1.165, 1.54) is 24.8 Å². The van der Waals surface area contributed by atoms with Gasteiger partial charge < -0.3 is 5.11 Å². The van der Waals surface area contributed by atoms with E-state index in [0.29, 0.717) is 17.7 Å². The van der Waals surface area contributed by atoms with Gasteiger partial charge in [-0.1, -0.05) is 13.8 Å². The van der Waals surface area contributed by atoms with Crippen LogP contribution in [0.1, 0.15) is 49.0 Å². The fourth-order valence-corrected chi connectivity index (χ4v) is 2.12. The number of rotatable bonds is 5. The Morgan fingerprint density at radius 1 is 1.58 bits per heavy atom. The molecule has 1 aromatic heterocycles. The maximum absolute atomic E-state index is 10.9. The van der Waals surface area contributed by atoms with Gasteiger partial charge in [0.2, 0.25) is 0 Å². The number of hydrogen-bond acceptors (Lipinski definition) is 3. The summed E-state index contributed by atoms with van der Waals surface area (Å²) in [6.45, 7) is 6.22. The number of pyridine rings is 1. The first-order chi connectivity index (χ1) is 9.02. The standard InChI is InChI=1S/C15H20N2O2/c1-4-9(2)13(11-5-6-11)17-14-10(3)7-12(8-16-14)15(18)19/h7-9,11H,4-6H2,1-3H3,(H,18,19). The molecule has 1 fully saturated rings. The SMILES string of the molecule is CCC(C)C(=Nc1ncc(C(=O)O)cc1C)C1CC1. The van der Waals surface area contributed by atoms with Gasteiger partial charge in [-0.2, -0.15) is 0 Å². The maximum atomic E-state index is 10.9. The van der Waals surface area contributed by atoms with Crippen LogP contribution in [0.4, 0.5) is 5.82 Å². The summed E-state index contributed by atoms with van der Waals surface area (Å²) in [5, 5.41) is 8.93. The summed E-state index contributed by atoms with van der Waals surface area (Å²) in [5.41, 5.74) is 2.26. The van der Waals surface area contributed by atoms with Crippen molar-refractivity contribution in [1.82, 2.24) is 4.98 Å². The highest BCUT2D eigenvalue weighted by molar-refractivity contribution is 5.93. The predicted octanol–water partition coefficient (Wildman–Crippen LogP) is 3.62. The molecule has 1 aromatic rings. The Hall–Kier alpha value is -1.71. The van der Waals surface area contributed by atoms with Crippen LogP contribution in [-0.4, -0.2) is 21.8 Å². The molecule has 4 nitrogen and oxygen atoms in total. The van der Waals surface area contributed by atoms with Crippen molar-refractivity contribution in [3.63, 3.8) is 0 Å². The lowest BCUT2D eigenvalue weighted by Gasteiger charge is -2.12. The van der Waals surface area contributed by atoms with Crippen LogP contribution in [0.15, 0.2) is 17.3 Å². The molecule has 2 rings (SSSR count). The molecule has 0 saturated heterocycles. The third-order valence-corrected chi connectivity index (χ3v) is 3.65. The Bertz CT molecular complexity index is 519. The zero-order valence-corrected chi connectivity index (χ0v) is 11.7. The number of aliphatic imine (C=N–C) groups is 1. The molecule has 1 aliphatic rings. The van der Waals surface area contributed by atoms with E-state index in [-0.39, 0.29) is 5.56 Å². The van der Waals surface area contributed by atoms with Gasteiger partial charge in [0.15, 0.2) is 5.82 Å². The van der Waals surface area contributed by atoms with Crippen LogP contribution in [0.2, 0.25) is 0 Å². The molecule has 1 aliphatic carbocycles. The van der Waals surface area contributed by atoms with E-state index in [1.807, 2.05) is 6.92 Å². The molecule has 0 radical (unpaired) electrons. The lowest BCUT2D eigenvalue weighted by atomic mass is 9.99. The Kier molecular flexibility index (Phi) is 3.98. The summed E-state index contributed by atoms with van der Waals surface area (Å²) < 4.78 is 0. The number of carboxylic acid groups (broad SMARTS) is 1. The Morgan fingerprint density at radius 3 is 2.74 bits per heavy atom. The van der Waals surface area contributed by atoms with Gasteiger partial charge in [-0.05, 0) is 49.7 Å². The van der Waals surface area contributed by atoms with Gasteiger partial charge in [0, 0.05) is 11.9 Å². The van der Waals surface area contributed by atoms with Gasteiger partial charge in [0.05, 0.1) is 5.56 Å². The number of nitrogens with zero attached hydrogens (tertiary/aromatic N) is 2. The first-order valence-electron chi connectivity index (χ1n) is 6.81. The summed E-state index contributed by atoms with van der Waals surface area (Å²) in [6.07, 6.45) is 4.89. The van der Waals surface area contributed by atoms with Gasteiger partial charge >= 0.3 is 5.97 Å². The van der Waals surface area contributed by atoms with E-state index in [1.54, 1.807) is 6.07 Å². The molecular formula is C15H20N2O2. The van der Waals surface area contributed by atoms with Crippen LogP contribution in [-0.2, 0) is 0 Å². The Balaban J connectivity index is 2.32. The minimum Gasteiger partial charge on any atom is -0.478 e. The van der Waals surface area contributed by atoms with Crippen molar-refractivity contribution in [3.8, 4) is 0 Å². The molecule has 1 unspecified atom stereocenters. The van der Waals surface area contributed by atoms with Crippen molar-refractivity contribution in [2.24, 2.45) is 16.8 Å². The van der Waals surface area contributed by atoms with Crippen LogP contribution >= 0.6 is 0 Å². The van der Waals surface area contributed by atoms with Crippen molar-refractivity contribution >= 4 is 17.5 Å². The topological polar surface area (TPSA) is 62.5 Å². The highest BCUT2D eigenvalue weighted by Gasteiger charge is 2.30. The molecule has 102 valence electrons. The van der Waals surface area contributed by atoms with E-state index in [4.69, 9.17) is 10.1 Å². The molecule has 19 heavy (non-hydrogen) atoms. The average molecular weight is 260 g/mol. The van der Waals surface area contributed by atoms with Gasteiger partial charge in [-0.25, -0.2) is 14.8 Å². The largest absolute Gasteiger partial charge is 0.478 e. The fourth-order valence-electron chi connectivity index (χ4n) is 2.12. The van der Waals surface area contributed by atoms with E-state index in [9.17, 15) is 4.79 Å². The smallest absolute Gasteiger partial charge is 0.337 e. The van der Waals surface area contributed by atoms with E-state index in [0.717, 1.165) is 12.0 Å². The van der Waals surface area contributed by atoms with Gasteiger partial charge in [-0.15, -0.1) is 0 Å². The molecule has 0 amide bonds. The molecule has 0 spiro atoms. The Labute approximate surface area is 113 Å². The molecular weight excluding hydrogens is 240 g/mol. The fraction of sp³-hybridized carbons (Fsp3) is 0.533. The third kappa shape index (κ3) is 3.19. The molecule has 1 atom stereocenters. The monoisotopic (exact) mass is 260 g/mol. The second kappa shape index (κ2) is 5.51. The van der Waals surface area contributed by atoms with E-state index in [2.05, 4.69) is 18.8 Å². The lowest BCUT2D eigenvalue weighted by Crippen LogP contribution is -2.12. The first-order valence-corrected chi connectivity index (χ1v) is 6.81. The van der Waals surface area contributed by atoms with Crippen molar-refractivity contribution < 1.29 is 9.90 Å². The number of carbonyl (C=O) groups is 1. The van der Waals surface area contributed by atoms with Crippen LogP contribution < -0.4 is 0 Å². The van der Waals surface area contributed by atoms with E-state index >= 15 is 0 Å². The molecule has 1 heterocycles. The van der Waals surface area contributed by atoms with Gasteiger partial charge in [-0.3, -0.25) is 0 Å². The summed E-state index contributed by atoms with van der Waals surface area (Å²) in [4.78, 5) is 19.8. The normalized spacial score (nSPS) is 17.3. The molecule has 0 aliphatic heterocycles. The lowest BCUT2D eigenvalue weighted by molar-refractivity contribution is 0.0696. The second-order valence-corrected chi connectivity index (χ2v) is 5.29. The van der Waals surface area contributed by atoms with Crippen LogP contribution in [0.3, 0.4) is 0 Å². The van der Waals surface area contributed by atoms with Crippen molar-refractivity contribution in [3.05, 3.63) is 23.4 Å². The second-order valence-electron chi connectivity index (χ2n) is 5.29. The first kappa shape index (κ1) is 13.7. The highest BCUT2D eigenvalue weighted by atomic mass is 16.4. The molecule has 1 N–H and O–H groups in total. The number of aromatic carboxylic acids is 1. The number of aryl methyl sites for hydroxylation is 1. The van der Waals surface area contributed by atoms with Crippen LogP contribution in [0, 0.1) is 18.8 Å². The maximum Gasteiger partial charge on any atom is 0.337 e. The minimum absolute atomic E-state index is 0.216. The predicted molar refractivity (Wildman–Crippen MR) is 75.2 cm³/mol. The number of carboxylic acids is 1. The zero-order valence-electron chi connectivity index (χ0n) is 11.7. The summed E-state index contributed by atoms with van der Waals surface area (Å²) in [7, 11) is 0. The third-order valence-electron chi connectivity index (χ3n) is 3.65. The molecule has 1 saturated carbocycles. The summed E-state index contributed by atoms with van der Waals surface area (Å²) in [5.74, 6) is 0.783. The van der Waals surface area contributed by atoms with Crippen molar-refractivity contribution in [2.45, 2.75) is 40.0 Å². The number of hydrogen-bond donors (Lipinski definition) is 1. The quantitative estimate of drug-likeness (QED) is 0.822. The van der Waals surface area contributed by atoms with Gasteiger partial charge in [0.1, 0.15) is 0 Å². The van der Waals surface area contributed by atoms with Crippen LogP contribution in [0.25, 0.3) is 0 Å². The van der Waals surface area contributed by atoms with Crippen molar-refractivity contribution in [2.75, 3.05) is 0 Å². The summed E-state index contributed by atoms with van der Waals surface area (Å²) in [6, 6.07) is 1.63. The molecule has 0 bridgehead atoms. The van der Waals surface area contributed by atoms with Crippen LogP contribution in [0.5, 0.6) is 0 Å². The molecule has 4 heteroatoms. The van der Waals surface area contributed by atoms with E-state index < -0.39 is 5.97 Å². The van der Waals surface area contributed by atoms with Crippen molar-refractivity contribution in [1.29, 1.82) is 0 Å². The number of aromatic nitrogens is 1. The molecule has 0 aromatic carbocycles. The minimum atomic E-state index is -0.949. The average Bonchev–Trinajstić information content (AvgIpc) is 3.20. The highest BCUT2D eigenvalue weighted by Crippen LogP contribution is 2.35. The summed E-state index contributed by atoms with van der Waals surface area (Å²) >= 11 is 0.